The molecule has 1 aromatic heterocycles. The van der Waals surface area contributed by atoms with E-state index in [0.29, 0.717) is 10.8 Å². The molecule has 0 unspecified atom stereocenters. The molecule has 23 heavy (non-hydrogen) atoms. The molecule has 0 aliphatic carbocycles. The maximum absolute atomic E-state index is 12.2. The Morgan fingerprint density at radius 1 is 1.00 bits per heavy atom. The fourth-order valence-corrected chi connectivity index (χ4v) is 3.20. The molecule has 0 amide bonds. The van der Waals surface area contributed by atoms with Crippen molar-refractivity contribution in [2.75, 3.05) is 6.26 Å². The van der Waals surface area contributed by atoms with Crippen LogP contribution in [0.2, 0.25) is 0 Å². The van der Waals surface area contributed by atoms with Crippen molar-refractivity contribution in [3.05, 3.63) is 59.0 Å². The number of sulfone groups is 1. The minimum Gasteiger partial charge on any atom is -0.508 e. The van der Waals surface area contributed by atoms with Crippen LogP contribution in [0.25, 0.3) is 21.9 Å². The van der Waals surface area contributed by atoms with Gasteiger partial charge in [-0.1, -0.05) is 12.1 Å². The zero-order valence-electron chi connectivity index (χ0n) is 12.6. The van der Waals surface area contributed by atoms with Crippen LogP contribution in [0.3, 0.4) is 0 Å². The van der Waals surface area contributed by atoms with E-state index in [9.17, 15) is 18.3 Å². The van der Waals surface area contributed by atoms with Crippen molar-refractivity contribution in [3.63, 3.8) is 0 Å². The Balaban J connectivity index is 2.30. The molecule has 118 valence electrons. The summed E-state index contributed by atoms with van der Waals surface area (Å²) in [5, 5.41) is 10.8. The number of fused-ring (bicyclic) bond motifs is 1. The van der Waals surface area contributed by atoms with E-state index in [-0.39, 0.29) is 16.2 Å². The van der Waals surface area contributed by atoms with Crippen LogP contribution in [-0.4, -0.2) is 24.3 Å². The van der Waals surface area contributed by atoms with E-state index >= 15 is 0 Å². The van der Waals surface area contributed by atoms with Crippen LogP contribution in [0, 0.1) is 0 Å². The van der Waals surface area contributed by atoms with Gasteiger partial charge in [0.05, 0.1) is 4.90 Å². The highest BCUT2D eigenvalue weighted by molar-refractivity contribution is 7.90. The number of nitrogens with zero attached hydrogens (tertiary/aromatic N) is 1. The summed E-state index contributed by atoms with van der Waals surface area (Å²) in [6.45, 7) is 0. The molecular formula is C17H15NO4S. The lowest BCUT2D eigenvalue weighted by atomic mass is 10.0. The molecule has 0 radical (unpaired) electrons. The predicted octanol–water partition coefficient (Wildman–Crippen LogP) is 2.31. The van der Waals surface area contributed by atoms with Gasteiger partial charge in [-0.05, 0) is 35.9 Å². The van der Waals surface area contributed by atoms with E-state index < -0.39 is 9.84 Å². The SMILES string of the molecule is Cn1cc(-c2ccc(S(C)(=O)=O)cc2)c2cc(O)ccc2c1=O. The minimum absolute atomic E-state index is 0.0692. The first-order valence-electron chi connectivity index (χ1n) is 6.90. The molecule has 0 saturated carbocycles. The Bertz CT molecular complexity index is 1060. The Kier molecular flexibility index (Phi) is 3.49. The van der Waals surface area contributed by atoms with Crippen molar-refractivity contribution in [2.24, 2.45) is 7.05 Å². The highest BCUT2D eigenvalue weighted by atomic mass is 32.2. The second kappa shape index (κ2) is 5.24. The lowest BCUT2D eigenvalue weighted by Gasteiger charge is -2.10. The normalized spacial score (nSPS) is 11.7. The highest BCUT2D eigenvalue weighted by Crippen LogP contribution is 2.29. The summed E-state index contributed by atoms with van der Waals surface area (Å²) in [6, 6.07) is 11.0. The molecule has 5 nitrogen and oxygen atoms in total. The first-order valence-corrected chi connectivity index (χ1v) is 8.79. The van der Waals surface area contributed by atoms with Crippen molar-refractivity contribution >= 4 is 20.6 Å². The van der Waals surface area contributed by atoms with Gasteiger partial charge in [0.15, 0.2) is 9.84 Å². The van der Waals surface area contributed by atoms with Crippen molar-refractivity contribution < 1.29 is 13.5 Å². The van der Waals surface area contributed by atoms with Gasteiger partial charge < -0.3 is 9.67 Å². The standard InChI is InChI=1S/C17H15NO4S/c1-18-10-16(11-3-6-13(7-4-11)23(2,21)22)15-9-12(19)5-8-14(15)17(18)20/h3-10,19H,1-2H3. The molecule has 0 atom stereocenters. The van der Waals surface area contributed by atoms with Crippen LogP contribution >= 0.6 is 0 Å². The van der Waals surface area contributed by atoms with Gasteiger partial charge in [0.25, 0.3) is 5.56 Å². The fourth-order valence-electron chi connectivity index (χ4n) is 2.57. The van der Waals surface area contributed by atoms with E-state index in [1.54, 1.807) is 31.4 Å². The quantitative estimate of drug-likeness (QED) is 0.783. The van der Waals surface area contributed by atoms with Gasteiger partial charge in [-0.25, -0.2) is 8.42 Å². The average molecular weight is 329 g/mol. The minimum atomic E-state index is -3.26. The lowest BCUT2D eigenvalue weighted by molar-refractivity contribution is 0.476. The maximum Gasteiger partial charge on any atom is 0.258 e. The van der Waals surface area contributed by atoms with Crippen molar-refractivity contribution in [3.8, 4) is 16.9 Å². The van der Waals surface area contributed by atoms with Crippen LogP contribution in [0.4, 0.5) is 0 Å². The predicted molar refractivity (Wildman–Crippen MR) is 89.4 cm³/mol. The largest absolute Gasteiger partial charge is 0.508 e. The van der Waals surface area contributed by atoms with Crippen molar-refractivity contribution in [1.82, 2.24) is 4.57 Å². The topological polar surface area (TPSA) is 76.4 Å². The summed E-state index contributed by atoms with van der Waals surface area (Å²) in [7, 11) is -1.61. The van der Waals surface area contributed by atoms with Crippen LogP contribution < -0.4 is 5.56 Å². The number of aryl methyl sites for hydroxylation is 1. The lowest BCUT2D eigenvalue weighted by Crippen LogP contribution is -2.16. The number of rotatable bonds is 2. The molecule has 3 rings (SSSR count). The molecule has 1 N–H and O–H groups in total. The molecule has 0 bridgehead atoms. The van der Waals surface area contributed by atoms with Crippen LogP contribution in [-0.2, 0) is 16.9 Å². The highest BCUT2D eigenvalue weighted by Gasteiger charge is 2.12. The van der Waals surface area contributed by atoms with Crippen molar-refractivity contribution in [2.45, 2.75) is 4.90 Å². The number of hydrogen-bond donors (Lipinski definition) is 1. The molecule has 6 heteroatoms. The molecule has 3 aromatic rings. The number of phenolic OH excluding ortho intramolecular Hbond substituents is 1. The van der Waals surface area contributed by atoms with Crippen LogP contribution in [0.15, 0.2) is 58.4 Å². The molecule has 0 spiro atoms. The Morgan fingerprint density at radius 3 is 2.26 bits per heavy atom. The van der Waals surface area contributed by atoms with Crippen LogP contribution in [0.1, 0.15) is 0 Å². The summed E-state index contributed by atoms with van der Waals surface area (Å²) in [5.74, 6) is 0.0692. The second-order valence-electron chi connectivity index (χ2n) is 5.49. The smallest absolute Gasteiger partial charge is 0.258 e. The molecule has 0 saturated heterocycles. The third-order valence-corrected chi connectivity index (χ3v) is 4.89. The zero-order chi connectivity index (χ0) is 16.8. The van der Waals surface area contributed by atoms with E-state index in [0.717, 1.165) is 17.4 Å². The first kappa shape index (κ1) is 15.3. The number of benzene rings is 2. The van der Waals surface area contributed by atoms with E-state index in [1.807, 2.05) is 0 Å². The van der Waals surface area contributed by atoms with Gasteiger partial charge in [-0.3, -0.25) is 4.79 Å². The zero-order valence-corrected chi connectivity index (χ0v) is 13.5. The Hall–Kier alpha value is -2.60. The number of aromatic nitrogens is 1. The molecular weight excluding hydrogens is 314 g/mol. The molecule has 0 fully saturated rings. The first-order chi connectivity index (χ1) is 10.8. The third-order valence-electron chi connectivity index (χ3n) is 3.76. The summed E-state index contributed by atoms with van der Waals surface area (Å²) < 4.78 is 24.6. The molecule has 1 heterocycles. The number of aromatic hydroxyl groups is 1. The number of phenols is 1. The van der Waals surface area contributed by atoms with E-state index in [4.69, 9.17) is 0 Å². The second-order valence-corrected chi connectivity index (χ2v) is 7.50. The number of pyridine rings is 1. The summed E-state index contributed by atoms with van der Waals surface area (Å²) in [6.07, 6.45) is 2.83. The van der Waals surface area contributed by atoms with E-state index in [1.165, 1.54) is 28.8 Å². The van der Waals surface area contributed by atoms with Crippen molar-refractivity contribution in [1.29, 1.82) is 0 Å². The molecule has 0 aliphatic heterocycles. The molecule has 2 aromatic carbocycles. The average Bonchev–Trinajstić information content (AvgIpc) is 2.50. The fraction of sp³-hybridized carbons (Fsp3) is 0.118. The Labute approximate surface area is 133 Å². The summed E-state index contributed by atoms with van der Waals surface area (Å²) in [5.41, 5.74) is 1.36. The van der Waals surface area contributed by atoms with Gasteiger partial charge >= 0.3 is 0 Å². The third kappa shape index (κ3) is 2.73. The van der Waals surface area contributed by atoms with Gasteiger partial charge in [-0.15, -0.1) is 0 Å². The summed E-state index contributed by atoms with van der Waals surface area (Å²) in [4.78, 5) is 12.4. The molecule has 0 aliphatic rings. The monoisotopic (exact) mass is 329 g/mol. The Morgan fingerprint density at radius 2 is 1.65 bits per heavy atom. The van der Waals surface area contributed by atoms with Gasteiger partial charge in [-0.2, -0.15) is 0 Å². The van der Waals surface area contributed by atoms with Gasteiger partial charge in [0, 0.05) is 35.8 Å². The summed E-state index contributed by atoms with van der Waals surface area (Å²) >= 11 is 0. The number of hydrogen-bond acceptors (Lipinski definition) is 4. The van der Waals surface area contributed by atoms with E-state index in [2.05, 4.69) is 0 Å². The van der Waals surface area contributed by atoms with Crippen LogP contribution in [0.5, 0.6) is 5.75 Å². The maximum atomic E-state index is 12.2. The van der Waals surface area contributed by atoms with Gasteiger partial charge in [0.1, 0.15) is 5.75 Å². The van der Waals surface area contributed by atoms with Gasteiger partial charge in [0.2, 0.25) is 0 Å².